The first-order chi connectivity index (χ1) is 10.5. The summed E-state index contributed by atoms with van der Waals surface area (Å²) < 4.78 is 37.3. The normalized spacial score (nSPS) is 24.5. The second kappa shape index (κ2) is 5.75. The molecule has 2 saturated heterocycles. The Bertz CT molecular complexity index is 703. The van der Waals surface area contributed by atoms with Gasteiger partial charge in [0.2, 0.25) is 10.0 Å². The number of ether oxygens (including phenoxy) is 2. The molecule has 2 aliphatic rings. The Morgan fingerprint density at radius 2 is 2.14 bits per heavy atom. The number of carbonyl (C=O) groups is 1. The van der Waals surface area contributed by atoms with Crippen molar-refractivity contribution < 1.29 is 22.7 Å². The van der Waals surface area contributed by atoms with Crippen LogP contribution in [0.25, 0.3) is 0 Å². The molecule has 2 aliphatic heterocycles. The molecule has 3 rings (SSSR count). The summed E-state index contributed by atoms with van der Waals surface area (Å²) in [4.78, 5) is 11.7. The predicted octanol–water partition coefficient (Wildman–Crippen LogP) is 1.36. The number of fused-ring (bicyclic) bond motifs is 2. The number of carbonyl (C=O) groups excluding carboxylic acids is 1. The Morgan fingerprint density at radius 3 is 2.68 bits per heavy atom. The maximum atomic E-state index is 13.0. The Kier molecular flexibility index (Phi) is 4.09. The largest absolute Gasteiger partial charge is 0.495 e. The molecular formula is C14H17NO5S2. The number of esters is 1. The molecule has 0 saturated carbocycles. The van der Waals surface area contributed by atoms with Gasteiger partial charge >= 0.3 is 5.97 Å². The molecule has 0 aliphatic carbocycles. The molecular weight excluding hydrogens is 326 g/mol. The van der Waals surface area contributed by atoms with Gasteiger partial charge in [-0.05, 0) is 24.6 Å². The molecule has 6 nitrogen and oxygen atoms in total. The molecule has 0 aromatic heterocycles. The minimum Gasteiger partial charge on any atom is -0.495 e. The van der Waals surface area contributed by atoms with Gasteiger partial charge in [-0.3, -0.25) is 0 Å². The van der Waals surface area contributed by atoms with Crippen molar-refractivity contribution in [3.8, 4) is 5.75 Å². The molecule has 2 fully saturated rings. The van der Waals surface area contributed by atoms with E-state index in [9.17, 15) is 13.2 Å². The van der Waals surface area contributed by atoms with Crippen LogP contribution in [-0.4, -0.2) is 56.5 Å². The fourth-order valence-corrected chi connectivity index (χ4v) is 6.39. The first-order valence-corrected chi connectivity index (χ1v) is 9.36. The minimum absolute atomic E-state index is 0.0236. The van der Waals surface area contributed by atoms with Gasteiger partial charge in [-0.1, -0.05) is 0 Å². The van der Waals surface area contributed by atoms with E-state index in [1.165, 1.54) is 36.7 Å². The third-order valence-corrected chi connectivity index (χ3v) is 7.35. The number of hydrogen-bond donors (Lipinski definition) is 0. The quantitative estimate of drug-likeness (QED) is 0.769. The van der Waals surface area contributed by atoms with Crippen LogP contribution in [0.1, 0.15) is 16.8 Å². The summed E-state index contributed by atoms with van der Waals surface area (Å²) in [6.45, 7) is 0.517. The van der Waals surface area contributed by atoms with Crippen molar-refractivity contribution in [3.05, 3.63) is 23.8 Å². The number of rotatable bonds is 4. The maximum absolute atomic E-state index is 13.0. The second-order valence-corrected chi connectivity index (χ2v) is 8.47. The van der Waals surface area contributed by atoms with E-state index in [-0.39, 0.29) is 22.3 Å². The van der Waals surface area contributed by atoms with Crippen molar-refractivity contribution in [2.24, 2.45) is 0 Å². The molecule has 120 valence electrons. The van der Waals surface area contributed by atoms with Gasteiger partial charge in [-0.2, -0.15) is 16.1 Å². The van der Waals surface area contributed by atoms with Crippen LogP contribution in [0.5, 0.6) is 5.75 Å². The average Bonchev–Trinajstić information content (AvgIpc) is 3.16. The van der Waals surface area contributed by atoms with Gasteiger partial charge in [0.05, 0.1) is 19.8 Å². The van der Waals surface area contributed by atoms with E-state index in [0.29, 0.717) is 11.8 Å². The van der Waals surface area contributed by atoms with E-state index < -0.39 is 16.0 Å². The first-order valence-electron chi connectivity index (χ1n) is 6.87. The van der Waals surface area contributed by atoms with Crippen LogP contribution in [-0.2, 0) is 14.8 Å². The summed E-state index contributed by atoms with van der Waals surface area (Å²) >= 11 is 1.82. The Morgan fingerprint density at radius 1 is 1.36 bits per heavy atom. The van der Waals surface area contributed by atoms with E-state index in [4.69, 9.17) is 4.74 Å². The lowest BCUT2D eigenvalue weighted by Gasteiger charge is -2.26. The highest BCUT2D eigenvalue weighted by atomic mass is 32.2. The third-order valence-electron chi connectivity index (χ3n) is 4.02. The zero-order chi connectivity index (χ0) is 15.9. The molecule has 0 N–H and O–H groups in total. The van der Waals surface area contributed by atoms with Crippen LogP contribution in [0.2, 0.25) is 0 Å². The average molecular weight is 343 g/mol. The molecule has 2 bridgehead atoms. The SMILES string of the molecule is COC(=O)c1ccc(OC)c(S(=O)(=O)N2CC3CC2CS3)c1. The molecule has 2 atom stereocenters. The van der Waals surface area contributed by atoms with Crippen LogP contribution >= 0.6 is 11.8 Å². The molecule has 2 heterocycles. The van der Waals surface area contributed by atoms with Crippen LogP contribution in [0, 0.1) is 0 Å². The zero-order valence-corrected chi connectivity index (χ0v) is 13.9. The van der Waals surface area contributed by atoms with Gasteiger partial charge < -0.3 is 9.47 Å². The van der Waals surface area contributed by atoms with Crippen molar-refractivity contribution in [2.75, 3.05) is 26.5 Å². The number of sulfonamides is 1. The van der Waals surface area contributed by atoms with Crippen molar-refractivity contribution >= 4 is 27.8 Å². The number of benzene rings is 1. The lowest BCUT2D eigenvalue weighted by molar-refractivity contribution is 0.0600. The summed E-state index contributed by atoms with van der Waals surface area (Å²) in [5, 5.41) is 0.370. The first kappa shape index (κ1) is 15.6. The molecule has 2 unspecified atom stereocenters. The van der Waals surface area contributed by atoms with Crippen molar-refractivity contribution in [3.63, 3.8) is 0 Å². The Hall–Kier alpha value is -1.25. The smallest absolute Gasteiger partial charge is 0.337 e. The van der Waals surface area contributed by atoms with Gasteiger partial charge in [0.15, 0.2) is 0 Å². The number of thioether (sulfide) groups is 1. The fourth-order valence-electron chi connectivity index (χ4n) is 2.91. The summed E-state index contributed by atoms with van der Waals surface area (Å²) in [6, 6.07) is 4.35. The van der Waals surface area contributed by atoms with Gasteiger partial charge in [0, 0.05) is 23.6 Å². The molecule has 0 spiro atoms. The van der Waals surface area contributed by atoms with Crippen LogP contribution < -0.4 is 4.74 Å². The number of methoxy groups -OCH3 is 2. The lowest BCUT2D eigenvalue weighted by Crippen LogP contribution is -2.39. The standard InChI is InChI=1S/C14H17NO5S2/c1-19-12-4-3-9(14(16)20-2)5-13(12)22(17,18)15-7-11-6-10(15)8-21-11/h3-5,10-11H,6-8H2,1-2H3. The third kappa shape index (κ3) is 2.49. The van der Waals surface area contributed by atoms with E-state index >= 15 is 0 Å². The second-order valence-electron chi connectivity index (χ2n) is 5.28. The van der Waals surface area contributed by atoms with E-state index in [2.05, 4.69) is 4.74 Å². The molecule has 0 amide bonds. The Labute approximate surface area is 133 Å². The molecule has 22 heavy (non-hydrogen) atoms. The molecule has 1 aromatic rings. The van der Waals surface area contributed by atoms with Gasteiger partial charge in [0.1, 0.15) is 10.6 Å². The van der Waals surface area contributed by atoms with Crippen LogP contribution in [0.3, 0.4) is 0 Å². The summed E-state index contributed by atoms with van der Waals surface area (Å²) in [5.41, 5.74) is 0.195. The fraction of sp³-hybridized carbons (Fsp3) is 0.500. The predicted molar refractivity (Wildman–Crippen MR) is 82.9 cm³/mol. The van der Waals surface area contributed by atoms with Crippen LogP contribution in [0.4, 0.5) is 0 Å². The Balaban J connectivity index is 2.03. The molecule has 8 heteroatoms. The van der Waals surface area contributed by atoms with Crippen molar-refractivity contribution in [1.29, 1.82) is 0 Å². The minimum atomic E-state index is -3.69. The maximum Gasteiger partial charge on any atom is 0.337 e. The van der Waals surface area contributed by atoms with Crippen molar-refractivity contribution in [1.82, 2.24) is 4.31 Å². The van der Waals surface area contributed by atoms with Crippen LogP contribution in [0.15, 0.2) is 23.1 Å². The molecule has 1 aromatic carbocycles. The highest BCUT2D eigenvalue weighted by molar-refractivity contribution is 8.00. The highest BCUT2D eigenvalue weighted by Crippen LogP contribution is 2.41. The van der Waals surface area contributed by atoms with E-state index in [0.717, 1.165) is 12.2 Å². The highest BCUT2D eigenvalue weighted by Gasteiger charge is 2.45. The van der Waals surface area contributed by atoms with E-state index in [1.54, 1.807) is 0 Å². The van der Waals surface area contributed by atoms with Crippen molar-refractivity contribution in [2.45, 2.75) is 22.6 Å². The monoisotopic (exact) mass is 343 g/mol. The van der Waals surface area contributed by atoms with Gasteiger partial charge in [-0.25, -0.2) is 13.2 Å². The number of nitrogens with zero attached hydrogens (tertiary/aromatic N) is 1. The number of hydrogen-bond acceptors (Lipinski definition) is 6. The van der Waals surface area contributed by atoms with Gasteiger partial charge in [0.25, 0.3) is 0 Å². The molecule has 0 radical (unpaired) electrons. The summed E-state index contributed by atoms with van der Waals surface area (Å²) in [5.74, 6) is 0.490. The van der Waals surface area contributed by atoms with E-state index in [1.807, 2.05) is 11.8 Å². The van der Waals surface area contributed by atoms with Gasteiger partial charge in [-0.15, -0.1) is 0 Å². The summed E-state index contributed by atoms with van der Waals surface area (Å²) in [6.07, 6.45) is 0.892. The topological polar surface area (TPSA) is 72.9 Å². The lowest BCUT2D eigenvalue weighted by atomic mass is 10.2. The summed E-state index contributed by atoms with van der Waals surface area (Å²) in [7, 11) is -1.01. The zero-order valence-electron chi connectivity index (χ0n) is 12.3.